The van der Waals surface area contributed by atoms with Gasteiger partial charge in [0, 0.05) is 35.5 Å². The summed E-state index contributed by atoms with van der Waals surface area (Å²) >= 11 is 0. The van der Waals surface area contributed by atoms with Crippen LogP contribution in [0.2, 0.25) is 0 Å². The molecule has 0 saturated heterocycles. The minimum Gasteiger partial charge on any atom is -0.338 e. The zero-order valence-corrected chi connectivity index (χ0v) is 18.1. The van der Waals surface area contributed by atoms with Crippen LogP contribution in [-0.4, -0.2) is 38.4 Å². The lowest BCUT2D eigenvalue weighted by molar-refractivity contribution is -0.132. The van der Waals surface area contributed by atoms with Gasteiger partial charge >= 0.3 is 0 Å². The molecule has 8 heteroatoms. The molecular weight excluding hydrogens is 406 g/mol. The predicted molar refractivity (Wildman–Crippen MR) is 121 cm³/mol. The van der Waals surface area contributed by atoms with Gasteiger partial charge in [-0.25, -0.2) is 5.48 Å². The first-order valence-corrected chi connectivity index (χ1v) is 9.93. The average Bonchev–Trinajstić information content (AvgIpc) is 3.21. The van der Waals surface area contributed by atoms with E-state index in [9.17, 15) is 9.59 Å². The summed E-state index contributed by atoms with van der Waals surface area (Å²) in [5.41, 5.74) is 10.4. The number of nitrogens with zero attached hydrogens (tertiary/aromatic N) is 2. The van der Waals surface area contributed by atoms with Gasteiger partial charge in [-0.05, 0) is 61.9 Å². The highest BCUT2D eigenvalue weighted by Crippen LogP contribution is 2.18. The normalized spacial score (nSPS) is 11.8. The Bertz CT molecular complexity index is 1160. The first-order chi connectivity index (χ1) is 15.2. The summed E-state index contributed by atoms with van der Waals surface area (Å²) in [4.78, 5) is 24.3. The van der Waals surface area contributed by atoms with E-state index in [2.05, 4.69) is 22.3 Å². The highest BCUT2D eigenvalue weighted by atomic mass is 16.5. The van der Waals surface area contributed by atoms with E-state index >= 15 is 0 Å². The molecule has 2 amide bonds. The molecule has 2 aromatic carbocycles. The molecule has 1 heterocycles. The van der Waals surface area contributed by atoms with Crippen molar-refractivity contribution in [3.8, 4) is 23.1 Å². The maximum absolute atomic E-state index is 12.5. The van der Waals surface area contributed by atoms with E-state index in [4.69, 9.17) is 10.9 Å². The number of hydrogen-bond acceptors (Lipinski definition) is 5. The van der Waals surface area contributed by atoms with Crippen LogP contribution in [0.4, 0.5) is 0 Å². The molecular formula is C24H25N5O3. The predicted octanol–water partition coefficient (Wildman–Crippen LogP) is 1.83. The highest BCUT2D eigenvalue weighted by molar-refractivity contribution is 5.97. The first-order valence-electron chi connectivity index (χ1n) is 9.93. The summed E-state index contributed by atoms with van der Waals surface area (Å²) in [6, 6.07) is 15.4. The number of hydrogen-bond donors (Lipinski definition) is 4. The molecule has 0 aliphatic carbocycles. The van der Waals surface area contributed by atoms with Gasteiger partial charge in [0.15, 0.2) is 0 Å². The number of aryl methyl sites for hydroxylation is 1. The summed E-state index contributed by atoms with van der Waals surface area (Å²) in [5, 5.41) is 15.6. The molecule has 0 aliphatic heterocycles. The fraction of sp³-hybridized carbons (Fsp3) is 0.208. The highest BCUT2D eigenvalue weighted by Gasteiger charge is 2.33. The Morgan fingerprint density at radius 1 is 1.03 bits per heavy atom. The molecule has 3 rings (SSSR count). The van der Waals surface area contributed by atoms with Crippen LogP contribution in [0.5, 0.6) is 0 Å². The van der Waals surface area contributed by atoms with Gasteiger partial charge in [0.1, 0.15) is 6.04 Å². The van der Waals surface area contributed by atoms with Gasteiger partial charge in [0.25, 0.3) is 11.8 Å². The maximum atomic E-state index is 12.5. The lowest BCUT2D eigenvalue weighted by atomic mass is 9.95. The minimum absolute atomic E-state index is 0.344. The van der Waals surface area contributed by atoms with Crippen molar-refractivity contribution in [2.45, 2.75) is 25.4 Å². The summed E-state index contributed by atoms with van der Waals surface area (Å²) in [7, 11) is 1.89. The molecule has 1 atom stereocenters. The van der Waals surface area contributed by atoms with Crippen molar-refractivity contribution >= 4 is 11.8 Å². The van der Waals surface area contributed by atoms with Crippen LogP contribution in [-0.2, 0) is 11.8 Å². The van der Waals surface area contributed by atoms with Crippen LogP contribution in [0.3, 0.4) is 0 Å². The summed E-state index contributed by atoms with van der Waals surface area (Å²) in [5.74, 6) is 4.90. The van der Waals surface area contributed by atoms with Crippen LogP contribution >= 0.6 is 0 Å². The SMILES string of the molecule is Cn1nccc1-c1ccc(C#Cc2ccc(C(=O)N[C@H](C(=O)NO)C(C)(C)N)cc2)cc1. The van der Waals surface area contributed by atoms with Gasteiger partial charge in [-0.1, -0.05) is 24.0 Å². The molecule has 0 saturated carbocycles. The largest absolute Gasteiger partial charge is 0.338 e. The van der Waals surface area contributed by atoms with Crippen molar-refractivity contribution in [3.63, 3.8) is 0 Å². The number of carbonyl (C=O) groups excluding carboxylic acids is 2. The quantitative estimate of drug-likeness (QED) is 0.279. The zero-order chi connectivity index (χ0) is 23.3. The summed E-state index contributed by atoms with van der Waals surface area (Å²) in [6.45, 7) is 3.16. The number of rotatable bonds is 5. The number of benzene rings is 2. The summed E-state index contributed by atoms with van der Waals surface area (Å²) < 4.78 is 1.81. The van der Waals surface area contributed by atoms with Gasteiger partial charge < -0.3 is 11.1 Å². The standard InChI is InChI=1S/C24H25N5O3/c1-24(2,25)21(23(31)28-32)27-22(30)19-12-8-17(9-13-19)5-4-16-6-10-18(11-7-16)20-14-15-26-29(20)3/h6-15,21,32H,25H2,1-3H3,(H,27,30)(H,28,31)/t21-/m1/s1. The van der Waals surface area contributed by atoms with Crippen LogP contribution < -0.4 is 16.5 Å². The molecule has 164 valence electrons. The first kappa shape index (κ1) is 22.7. The van der Waals surface area contributed by atoms with E-state index in [-0.39, 0.29) is 0 Å². The lowest BCUT2D eigenvalue weighted by Crippen LogP contribution is -2.61. The second-order valence-corrected chi connectivity index (χ2v) is 7.95. The van der Waals surface area contributed by atoms with E-state index in [1.165, 1.54) is 5.48 Å². The van der Waals surface area contributed by atoms with Crippen LogP contribution in [0, 0.1) is 11.8 Å². The number of amides is 2. The van der Waals surface area contributed by atoms with E-state index in [1.54, 1.807) is 44.3 Å². The molecule has 0 unspecified atom stereocenters. The Labute approximate surface area is 186 Å². The Kier molecular flexibility index (Phi) is 6.73. The third kappa shape index (κ3) is 5.40. The molecule has 0 fully saturated rings. The Morgan fingerprint density at radius 3 is 2.06 bits per heavy atom. The van der Waals surface area contributed by atoms with Crippen LogP contribution in [0.1, 0.15) is 35.3 Å². The van der Waals surface area contributed by atoms with Gasteiger partial charge in [0.2, 0.25) is 0 Å². The maximum Gasteiger partial charge on any atom is 0.267 e. The third-order valence-electron chi connectivity index (χ3n) is 4.89. The smallest absolute Gasteiger partial charge is 0.267 e. The lowest BCUT2D eigenvalue weighted by Gasteiger charge is -2.29. The fourth-order valence-corrected chi connectivity index (χ4v) is 3.10. The minimum atomic E-state index is -1.10. The van der Waals surface area contributed by atoms with Gasteiger partial charge in [-0.15, -0.1) is 0 Å². The summed E-state index contributed by atoms with van der Waals surface area (Å²) in [6.07, 6.45) is 1.76. The van der Waals surface area contributed by atoms with E-state index < -0.39 is 23.4 Å². The Morgan fingerprint density at radius 2 is 1.59 bits per heavy atom. The molecule has 1 aromatic heterocycles. The fourth-order valence-electron chi connectivity index (χ4n) is 3.10. The number of nitrogens with two attached hydrogens (primary N) is 1. The molecule has 32 heavy (non-hydrogen) atoms. The van der Waals surface area contributed by atoms with E-state index in [0.29, 0.717) is 5.56 Å². The Hall–Kier alpha value is -3.93. The second kappa shape index (κ2) is 9.47. The van der Waals surface area contributed by atoms with Crippen molar-refractivity contribution in [2.75, 3.05) is 0 Å². The van der Waals surface area contributed by atoms with Crippen LogP contribution in [0.15, 0.2) is 60.8 Å². The van der Waals surface area contributed by atoms with Crippen LogP contribution in [0.25, 0.3) is 11.3 Å². The van der Waals surface area contributed by atoms with Crippen molar-refractivity contribution in [3.05, 3.63) is 77.5 Å². The van der Waals surface area contributed by atoms with E-state index in [0.717, 1.165) is 22.4 Å². The Balaban J connectivity index is 1.69. The van der Waals surface area contributed by atoms with Gasteiger partial charge in [-0.3, -0.25) is 19.5 Å². The number of aromatic nitrogens is 2. The molecule has 0 bridgehead atoms. The van der Waals surface area contributed by atoms with Gasteiger partial charge in [0.05, 0.1) is 5.69 Å². The second-order valence-electron chi connectivity index (χ2n) is 7.95. The number of carbonyl (C=O) groups is 2. The topological polar surface area (TPSA) is 122 Å². The molecule has 5 N–H and O–H groups in total. The molecule has 0 spiro atoms. The molecule has 0 aliphatic rings. The third-order valence-corrected chi connectivity index (χ3v) is 4.89. The van der Waals surface area contributed by atoms with E-state index in [1.807, 2.05) is 42.1 Å². The van der Waals surface area contributed by atoms with Crippen molar-refractivity contribution in [2.24, 2.45) is 12.8 Å². The average molecular weight is 431 g/mol. The molecule has 8 nitrogen and oxygen atoms in total. The number of hydroxylamine groups is 1. The van der Waals surface area contributed by atoms with Crippen molar-refractivity contribution in [1.29, 1.82) is 0 Å². The zero-order valence-electron chi connectivity index (χ0n) is 18.1. The van der Waals surface area contributed by atoms with Gasteiger partial charge in [-0.2, -0.15) is 5.10 Å². The van der Waals surface area contributed by atoms with Crippen molar-refractivity contribution < 1.29 is 14.8 Å². The molecule has 3 aromatic rings. The number of nitrogens with one attached hydrogen (secondary N) is 2. The molecule has 0 radical (unpaired) electrons. The van der Waals surface area contributed by atoms with Crippen molar-refractivity contribution in [1.82, 2.24) is 20.6 Å². The monoisotopic (exact) mass is 431 g/mol.